The van der Waals surface area contributed by atoms with Crippen molar-refractivity contribution >= 4 is 5.91 Å². The molecule has 1 amide bonds. The van der Waals surface area contributed by atoms with Crippen LogP contribution in [0.3, 0.4) is 0 Å². The van der Waals surface area contributed by atoms with Crippen LogP contribution in [0.5, 0.6) is 0 Å². The first-order chi connectivity index (χ1) is 7.75. The summed E-state index contributed by atoms with van der Waals surface area (Å²) in [6, 6.07) is 0. The molecule has 2 heterocycles. The zero-order chi connectivity index (χ0) is 11.4. The van der Waals surface area contributed by atoms with E-state index < -0.39 is 0 Å². The van der Waals surface area contributed by atoms with E-state index in [-0.39, 0.29) is 0 Å². The third-order valence-corrected chi connectivity index (χ3v) is 3.42. The van der Waals surface area contributed by atoms with Gasteiger partial charge in [-0.3, -0.25) is 9.69 Å². The highest BCUT2D eigenvalue weighted by molar-refractivity contribution is 5.78. The fraction of sp³-hybridized carbons (Fsp3) is 0.909. The van der Waals surface area contributed by atoms with Gasteiger partial charge in [-0.15, -0.1) is 0 Å². The predicted molar refractivity (Wildman–Crippen MR) is 63.4 cm³/mol. The Morgan fingerprint density at radius 1 is 1.06 bits per heavy atom. The number of piperazine rings is 2. The van der Waals surface area contributed by atoms with Gasteiger partial charge in [-0.2, -0.15) is 0 Å². The van der Waals surface area contributed by atoms with Crippen molar-refractivity contribution in [3.05, 3.63) is 0 Å². The Labute approximate surface area is 97.4 Å². The van der Waals surface area contributed by atoms with Crippen molar-refractivity contribution in [1.29, 1.82) is 0 Å². The Balaban J connectivity index is 1.73. The van der Waals surface area contributed by atoms with Crippen LogP contribution in [0.1, 0.15) is 0 Å². The van der Waals surface area contributed by atoms with E-state index in [1.165, 1.54) is 0 Å². The van der Waals surface area contributed by atoms with Gasteiger partial charge in [0.2, 0.25) is 5.91 Å². The maximum Gasteiger partial charge on any atom is 0.236 e. The average molecular weight is 234 g/mol. The van der Waals surface area contributed by atoms with E-state index in [0.717, 1.165) is 52.4 Å². The van der Waals surface area contributed by atoms with Crippen LogP contribution in [0, 0.1) is 0 Å². The number of likely N-dealkylation sites (N-methyl/N-ethyl adjacent to an activating group) is 1. The lowest BCUT2D eigenvalue weighted by atomic mass is 10.4. The summed E-state index contributed by atoms with van der Waals surface area (Å²) in [4.78, 5) is 18.6. The number of hydrogen-bond acceptors (Lipinski definition) is 4. The quantitative estimate of drug-likeness (QED) is 0.474. The number of nitrogens with zero attached hydrogens (tertiary/aromatic N) is 3. The minimum atomic E-state index is 0.297. The number of amides is 1. The molecule has 0 aromatic heterocycles. The second kappa shape index (κ2) is 5.61. The Morgan fingerprint density at radius 2 is 1.69 bits per heavy atom. The van der Waals surface area contributed by atoms with Crippen LogP contribution in [0.15, 0.2) is 0 Å². The lowest BCUT2D eigenvalue weighted by molar-refractivity contribution is -0.133. The van der Waals surface area contributed by atoms with Crippen LogP contribution in [0.25, 0.3) is 0 Å². The number of carbonyl (C=O) groups excluding carboxylic acids is 1. The van der Waals surface area contributed by atoms with E-state index in [0.29, 0.717) is 12.5 Å². The Bertz CT molecular complexity index is 232. The maximum absolute atomic E-state index is 12.0. The van der Waals surface area contributed by atoms with Gasteiger partial charge in [0.1, 0.15) is 0 Å². The molecule has 2 fully saturated rings. The van der Waals surface area contributed by atoms with Crippen LogP contribution < -0.4 is 5.32 Å². The first kappa shape index (κ1) is 11.8. The second-order valence-corrected chi connectivity index (χ2v) is 4.71. The van der Waals surface area contributed by atoms with E-state index in [4.69, 9.17) is 0 Å². The molecule has 2 aliphatic heterocycles. The average Bonchev–Trinajstić information content (AvgIpc) is 2.33. The summed E-state index contributed by atoms with van der Waals surface area (Å²) in [5, 5.41) is 3.26. The largest absolute Gasteiger partial charge is 0.339 e. The highest BCUT2D eigenvalue weighted by Gasteiger charge is 2.21. The van der Waals surface area contributed by atoms with Crippen LogP contribution in [0.4, 0.5) is 0 Å². The number of carbonyl (C=O) groups is 1. The highest BCUT2D eigenvalue weighted by Crippen LogP contribution is 2.01. The molecule has 5 heteroatoms. The van der Waals surface area contributed by atoms with E-state index in [1.807, 2.05) is 4.90 Å². The van der Waals surface area contributed by atoms with E-state index in [2.05, 4.69) is 22.2 Å². The summed E-state index contributed by atoms with van der Waals surface area (Å²) in [7, 11) is 2.13. The molecule has 2 aliphatic rings. The van der Waals surface area contributed by atoms with Crippen LogP contribution >= 0.6 is 0 Å². The number of rotatable bonds is 2. The minimum absolute atomic E-state index is 0.297. The van der Waals surface area contributed by atoms with Crippen molar-refractivity contribution in [2.75, 3.05) is 66.0 Å². The van der Waals surface area contributed by atoms with Gasteiger partial charge in [-0.05, 0) is 7.05 Å². The Morgan fingerprint density at radius 3 is 2.31 bits per heavy atom. The molecule has 0 spiro atoms. The molecule has 0 bridgehead atoms. The fourth-order valence-electron chi connectivity index (χ4n) is 2.21. The van der Waals surface area contributed by atoms with Gasteiger partial charge in [0.05, 0.1) is 6.54 Å². The van der Waals surface area contributed by atoms with Gasteiger partial charge in [0, 0.05) is 52.4 Å². The van der Waals surface area contributed by atoms with Crippen molar-refractivity contribution in [1.82, 2.24) is 20.0 Å². The topological polar surface area (TPSA) is 38.8 Å². The van der Waals surface area contributed by atoms with Gasteiger partial charge in [-0.25, -0.2) is 0 Å². The van der Waals surface area contributed by atoms with E-state index in [1.54, 1.807) is 0 Å². The first-order valence-electron chi connectivity index (χ1n) is 6.15. The van der Waals surface area contributed by atoms with Crippen LogP contribution in [0.2, 0.25) is 0 Å². The van der Waals surface area contributed by atoms with Gasteiger partial charge >= 0.3 is 0 Å². The molecule has 0 saturated carbocycles. The molecular weight excluding hydrogens is 212 g/mol. The molecule has 5 nitrogen and oxygen atoms in total. The van der Waals surface area contributed by atoms with Crippen LogP contribution in [-0.4, -0.2) is 86.6 Å². The van der Waals surface area contributed by atoms with E-state index in [9.17, 15) is 4.79 Å². The molecule has 0 unspecified atom stereocenters. The normalized spacial score (nSPS) is 24.7. The fourth-order valence-corrected chi connectivity index (χ4v) is 2.21. The molecule has 2 saturated heterocycles. The molecule has 0 aliphatic carbocycles. The van der Waals surface area contributed by atoms with Crippen molar-refractivity contribution in [3.8, 4) is 0 Å². The van der Waals surface area contributed by atoms with Crippen LogP contribution in [-0.2, 0) is 4.79 Å². The predicted octanol–water partition coefficient (Wildman–Crippen LogP) is -1.33. The standard InChI is InChI=1S/C11H22N4O/c1-13-6-8-14(9-7-13)10-11(16)15-4-2-12-3-5-15/h12H,2-10H2,1H3/i2+1,3+1,4+1,5+1,8+1,11+1,12+1,15+1. The van der Waals surface area contributed by atoms with Gasteiger partial charge < -0.3 is 15.1 Å². The summed E-state index contributed by atoms with van der Waals surface area (Å²) in [5.74, 6) is 0.297. The zero-order valence-corrected chi connectivity index (χ0v) is 10.1. The molecule has 2 rings (SSSR count). The van der Waals surface area contributed by atoms with Gasteiger partial charge in [0.25, 0.3) is 0 Å². The van der Waals surface area contributed by atoms with Crippen molar-refractivity contribution in [3.63, 3.8) is 0 Å². The lowest BCUT2D eigenvalue weighted by Gasteiger charge is -2.34. The summed E-state index contributed by atoms with van der Waals surface area (Å²) >= 11 is 0. The number of nitrogens with one attached hydrogen (secondary N) is 1. The molecule has 0 aromatic carbocycles. The summed E-state index contributed by atoms with van der Waals surface area (Å²) < 4.78 is 0. The molecular formula is C11H22N4O. The summed E-state index contributed by atoms with van der Waals surface area (Å²) in [6.45, 7) is 8.42. The molecule has 0 aromatic rings. The summed E-state index contributed by atoms with van der Waals surface area (Å²) in [6.07, 6.45) is 0. The second-order valence-electron chi connectivity index (χ2n) is 4.71. The van der Waals surface area contributed by atoms with Gasteiger partial charge in [0.15, 0.2) is 0 Å². The van der Waals surface area contributed by atoms with Crippen molar-refractivity contribution < 1.29 is 4.79 Å². The zero-order valence-electron chi connectivity index (χ0n) is 10.1. The number of hydrogen-bond donors (Lipinski definition) is 1. The molecule has 1 N–H and O–H groups in total. The van der Waals surface area contributed by atoms with Gasteiger partial charge in [-0.1, -0.05) is 0 Å². The first-order valence-corrected chi connectivity index (χ1v) is 6.15. The molecule has 16 heavy (non-hydrogen) atoms. The third-order valence-electron chi connectivity index (χ3n) is 3.42. The monoisotopic (exact) mass is 234 g/mol. The maximum atomic E-state index is 12.0. The van der Waals surface area contributed by atoms with Crippen molar-refractivity contribution in [2.24, 2.45) is 0 Å². The SMILES string of the molecule is CN1CCN(C[13C](=O)[15N]2[13CH2][13CH2][15NH][13CH2][13CH2]2)[13CH2]C1. The Kier molecular flexibility index (Phi) is 4.15. The third kappa shape index (κ3) is 3.17. The smallest absolute Gasteiger partial charge is 0.236 e. The highest BCUT2D eigenvalue weighted by atomic mass is 16.3. The minimum Gasteiger partial charge on any atom is -0.339 e. The van der Waals surface area contributed by atoms with Crippen molar-refractivity contribution in [2.45, 2.75) is 0 Å². The Hall–Kier alpha value is -0.650. The molecule has 0 atom stereocenters. The van der Waals surface area contributed by atoms with E-state index >= 15 is 0 Å². The molecule has 92 valence electrons. The lowest BCUT2D eigenvalue weighted by Crippen LogP contribution is -2.52. The molecule has 0 radical (unpaired) electrons. The summed E-state index contributed by atoms with van der Waals surface area (Å²) in [5.41, 5.74) is 0.